The molecule has 1 aliphatic heterocycles. The predicted molar refractivity (Wildman–Crippen MR) is 83.7 cm³/mol. The third kappa shape index (κ3) is 4.32. The molecule has 2 rings (SSSR count). The van der Waals surface area contributed by atoms with Gasteiger partial charge in [0.25, 0.3) is 0 Å². The van der Waals surface area contributed by atoms with Gasteiger partial charge in [0.05, 0.1) is 6.54 Å². The van der Waals surface area contributed by atoms with Crippen LogP contribution in [0.2, 0.25) is 0 Å². The molecule has 0 radical (unpaired) electrons. The summed E-state index contributed by atoms with van der Waals surface area (Å²) in [4.78, 5) is 2.67. The van der Waals surface area contributed by atoms with E-state index in [0.717, 1.165) is 32.1 Å². The SMILES string of the molecule is CC(C)CC1CNC(C(C)C)CN1CCn1cccn1. The van der Waals surface area contributed by atoms with Gasteiger partial charge in [-0.2, -0.15) is 5.10 Å². The molecule has 1 N–H and O–H groups in total. The molecule has 4 nitrogen and oxygen atoms in total. The van der Waals surface area contributed by atoms with Crippen LogP contribution in [-0.4, -0.2) is 46.4 Å². The maximum absolute atomic E-state index is 4.32. The third-order valence-electron chi connectivity index (χ3n) is 4.29. The van der Waals surface area contributed by atoms with Gasteiger partial charge in [0.1, 0.15) is 0 Å². The molecule has 1 saturated heterocycles. The van der Waals surface area contributed by atoms with Crippen LogP contribution in [0.15, 0.2) is 18.5 Å². The smallest absolute Gasteiger partial charge is 0.0536 e. The lowest BCUT2D eigenvalue weighted by molar-refractivity contribution is 0.0946. The number of piperazine rings is 1. The molecule has 4 heteroatoms. The van der Waals surface area contributed by atoms with Crippen LogP contribution in [0.3, 0.4) is 0 Å². The van der Waals surface area contributed by atoms with Crippen LogP contribution >= 0.6 is 0 Å². The Morgan fingerprint density at radius 1 is 1.25 bits per heavy atom. The summed E-state index contributed by atoms with van der Waals surface area (Å²) in [5, 5.41) is 8.05. The van der Waals surface area contributed by atoms with Gasteiger partial charge >= 0.3 is 0 Å². The van der Waals surface area contributed by atoms with Gasteiger partial charge in [0.2, 0.25) is 0 Å². The van der Waals surface area contributed by atoms with E-state index in [4.69, 9.17) is 0 Å². The van der Waals surface area contributed by atoms with Gasteiger partial charge in [-0.3, -0.25) is 9.58 Å². The van der Waals surface area contributed by atoms with Crippen molar-refractivity contribution in [3.63, 3.8) is 0 Å². The highest BCUT2D eigenvalue weighted by Gasteiger charge is 2.29. The first-order valence-corrected chi connectivity index (χ1v) is 8.01. The molecule has 2 heterocycles. The zero-order valence-electron chi connectivity index (χ0n) is 13.4. The number of hydrogen-bond donors (Lipinski definition) is 1. The Morgan fingerprint density at radius 2 is 2.05 bits per heavy atom. The summed E-state index contributed by atoms with van der Waals surface area (Å²) in [6.07, 6.45) is 5.19. The Balaban J connectivity index is 1.93. The molecule has 0 bridgehead atoms. The van der Waals surface area contributed by atoms with Gasteiger partial charge in [-0.05, 0) is 24.3 Å². The molecule has 1 aliphatic rings. The van der Waals surface area contributed by atoms with E-state index in [9.17, 15) is 0 Å². The van der Waals surface area contributed by atoms with E-state index in [1.807, 2.05) is 16.9 Å². The molecule has 0 aromatic carbocycles. The highest BCUT2D eigenvalue weighted by molar-refractivity contribution is 4.88. The standard InChI is InChI=1S/C16H30N4/c1-13(2)10-15-11-17-16(14(3)4)12-19(15)8-9-20-7-5-6-18-20/h5-7,13-17H,8-12H2,1-4H3. The van der Waals surface area contributed by atoms with Crippen molar-refractivity contribution < 1.29 is 0 Å². The quantitative estimate of drug-likeness (QED) is 0.866. The van der Waals surface area contributed by atoms with Crippen molar-refractivity contribution in [2.24, 2.45) is 11.8 Å². The van der Waals surface area contributed by atoms with Crippen LogP contribution in [0.4, 0.5) is 0 Å². The predicted octanol–water partition coefficient (Wildman–Crippen LogP) is 2.23. The molecule has 0 saturated carbocycles. The number of rotatable bonds is 6. The van der Waals surface area contributed by atoms with Crippen LogP contribution < -0.4 is 5.32 Å². The largest absolute Gasteiger partial charge is 0.311 e. The Kier molecular flexibility index (Phi) is 5.61. The minimum Gasteiger partial charge on any atom is -0.311 e. The lowest BCUT2D eigenvalue weighted by atomic mass is 9.95. The van der Waals surface area contributed by atoms with Gasteiger partial charge in [0.15, 0.2) is 0 Å². The van der Waals surface area contributed by atoms with Gasteiger partial charge in [-0.15, -0.1) is 0 Å². The van der Waals surface area contributed by atoms with Crippen molar-refractivity contribution >= 4 is 0 Å². The van der Waals surface area contributed by atoms with Gasteiger partial charge in [0, 0.05) is 44.1 Å². The van der Waals surface area contributed by atoms with Crippen LogP contribution in [0.1, 0.15) is 34.1 Å². The maximum Gasteiger partial charge on any atom is 0.0536 e. The van der Waals surface area contributed by atoms with Crippen LogP contribution in [-0.2, 0) is 6.54 Å². The lowest BCUT2D eigenvalue weighted by Crippen LogP contribution is -2.58. The molecule has 2 unspecified atom stereocenters. The molecule has 1 fully saturated rings. The van der Waals surface area contributed by atoms with Crippen molar-refractivity contribution in [3.8, 4) is 0 Å². The summed E-state index contributed by atoms with van der Waals surface area (Å²) < 4.78 is 2.04. The first-order valence-electron chi connectivity index (χ1n) is 8.01. The van der Waals surface area contributed by atoms with E-state index in [1.165, 1.54) is 6.42 Å². The Labute approximate surface area is 123 Å². The van der Waals surface area contributed by atoms with Gasteiger partial charge < -0.3 is 5.32 Å². The second-order valence-corrected chi connectivity index (χ2v) is 6.81. The molecule has 20 heavy (non-hydrogen) atoms. The van der Waals surface area contributed by atoms with E-state index < -0.39 is 0 Å². The molecule has 114 valence electrons. The summed E-state index contributed by atoms with van der Waals surface area (Å²) in [5.41, 5.74) is 0. The molecule has 0 amide bonds. The molecule has 0 aliphatic carbocycles. The van der Waals surface area contributed by atoms with Gasteiger partial charge in [-0.25, -0.2) is 0 Å². The lowest BCUT2D eigenvalue weighted by Gasteiger charge is -2.42. The second kappa shape index (κ2) is 7.23. The third-order valence-corrected chi connectivity index (χ3v) is 4.29. The first-order chi connectivity index (χ1) is 9.56. The van der Waals surface area contributed by atoms with Crippen molar-refractivity contribution in [1.82, 2.24) is 20.0 Å². The van der Waals surface area contributed by atoms with E-state index in [1.54, 1.807) is 0 Å². The fourth-order valence-electron chi connectivity index (χ4n) is 3.04. The molecular weight excluding hydrogens is 248 g/mol. The van der Waals surface area contributed by atoms with Gasteiger partial charge in [-0.1, -0.05) is 27.7 Å². The number of nitrogens with zero attached hydrogens (tertiary/aromatic N) is 3. The number of hydrogen-bond acceptors (Lipinski definition) is 3. The van der Waals surface area contributed by atoms with Crippen LogP contribution in [0.5, 0.6) is 0 Å². The normalized spacial score (nSPS) is 24.7. The molecule has 2 atom stereocenters. The average Bonchev–Trinajstić information content (AvgIpc) is 2.89. The minimum atomic E-state index is 0.621. The number of nitrogens with one attached hydrogen (secondary N) is 1. The highest BCUT2D eigenvalue weighted by Crippen LogP contribution is 2.18. The average molecular weight is 278 g/mol. The summed E-state index contributed by atoms with van der Waals surface area (Å²) in [7, 11) is 0. The minimum absolute atomic E-state index is 0.621. The summed E-state index contributed by atoms with van der Waals surface area (Å²) in [5.74, 6) is 1.45. The fraction of sp³-hybridized carbons (Fsp3) is 0.812. The van der Waals surface area contributed by atoms with Crippen molar-refractivity contribution in [3.05, 3.63) is 18.5 Å². The van der Waals surface area contributed by atoms with E-state index in [0.29, 0.717) is 18.0 Å². The zero-order valence-corrected chi connectivity index (χ0v) is 13.4. The summed E-state index contributed by atoms with van der Waals surface area (Å²) in [6.45, 7) is 13.6. The Bertz CT molecular complexity index is 372. The maximum atomic E-state index is 4.32. The number of aromatic nitrogens is 2. The Hall–Kier alpha value is -0.870. The molecule has 1 aromatic rings. The topological polar surface area (TPSA) is 33.1 Å². The molecule has 0 spiro atoms. The summed E-state index contributed by atoms with van der Waals surface area (Å²) in [6, 6.07) is 3.29. The molecular formula is C16H30N4. The van der Waals surface area contributed by atoms with E-state index >= 15 is 0 Å². The van der Waals surface area contributed by atoms with Crippen LogP contribution in [0.25, 0.3) is 0 Å². The van der Waals surface area contributed by atoms with Crippen LogP contribution in [0, 0.1) is 11.8 Å². The monoisotopic (exact) mass is 278 g/mol. The van der Waals surface area contributed by atoms with E-state index in [-0.39, 0.29) is 0 Å². The summed E-state index contributed by atoms with van der Waals surface area (Å²) >= 11 is 0. The fourth-order valence-corrected chi connectivity index (χ4v) is 3.04. The Morgan fingerprint density at radius 3 is 2.65 bits per heavy atom. The van der Waals surface area contributed by atoms with Crippen molar-refractivity contribution in [2.45, 2.75) is 52.7 Å². The van der Waals surface area contributed by atoms with Crippen molar-refractivity contribution in [1.29, 1.82) is 0 Å². The highest BCUT2D eigenvalue weighted by atomic mass is 15.3. The second-order valence-electron chi connectivity index (χ2n) is 6.81. The van der Waals surface area contributed by atoms with E-state index in [2.05, 4.69) is 49.2 Å². The zero-order chi connectivity index (χ0) is 14.5. The van der Waals surface area contributed by atoms with Crippen molar-refractivity contribution in [2.75, 3.05) is 19.6 Å². The first kappa shape index (κ1) is 15.5. The molecule has 1 aromatic heterocycles.